The van der Waals surface area contributed by atoms with Gasteiger partial charge in [-0.25, -0.2) is 0 Å². The van der Waals surface area contributed by atoms with Gasteiger partial charge in [-0.3, -0.25) is 4.79 Å². The number of thioether (sulfide) groups is 1. The summed E-state index contributed by atoms with van der Waals surface area (Å²) in [5.74, 6) is -0.913. The molecule has 0 fully saturated rings. The topological polar surface area (TPSA) is 41.6 Å². The van der Waals surface area contributed by atoms with E-state index in [-0.39, 0.29) is 11.4 Å². The highest BCUT2D eigenvalue weighted by atomic mass is 32.2. The number of hydrogen-bond donors (Lipinski definition) is 1. The van der Waals surface area contributed by atoms with Crippen molar-refractivity contribution in [2.45, 2.75) is 19.3 Å². The summed E-state index contributed by atoms with van der Waals surface area (Å²) in [6, 6.07) is 13.5. The molecule has 2 aromatic rings. The first kappa shape index (κ1) is 20.5. The number of thiocarbonyl (C=S) groups is 1. The number of ether oxygens (including phenoxy) is 1. The van der Waals surface area contributed by atoms with Crippen LogP contribution in [0.5, 0.6) is 5.75 Å². The molecule has 0 saturated carbocycles. The van der Waals surface area contributed by atoms with Crippen molar-refractivity contribution in [1.29, 1.82) is 0 Å². The van der Waals surface area contributed by atoms with Crippen molar-refractivity contribution in [3.8, 4) is 5.75 Å². The Balaban J connectivity index is 1.53. The number of nitrogens with zero attached hydrogens (tertiary/aromatic N) is 1. The van der Waals surface area contributed by atoms with Crippen LogP contribution >= 0.6 is 24.0 Å². The van der Waals surface area contributed by atoms with Gasteiger partial charge in [-0.15, -0.1) is 13.2 Å². The average Bonchev–Trinajstić information content (AvgIpc) is 2.66. The number of fused-ring (bicyclic) bond motifs is 1. The molecule has 28 heavy (non-hydrogen) atoms. The first-order valence-corrected chi connectivity index (χ1v) is 9.84. The van der Waals surface area contributed by atoms with Gasteiger partial charge in [0.2, 0.25) is 5.91 Å². The number of hydrogen-bond acceptors (Lipinski definition) is 4. The van der Waals surface area contributed by atoms with E-state index in [0.29, 0.717) is 10.9 Å². The number of alkyl halides is 3. The number of carbonyl (C=O) groups is 1. The first-order valence-electron chi connectivity index (χ1n) is 8.45. The predicted octanol–water partition coefficient (Wildman–Crippen LogP) is 4.60. The molecule has 1 amide bonds. The van der Waals surface area contributed by atoms with Crippen molar-refractivity contribution in [3.63, 3.8) is 0 Å². The lowest BCUT2D eigenvalue weighted by Gasteiger charge is -2.30. The van der Waals surface area contributed by atoms with Gasteiger partial charge in [0.05, 0.1) is 11.4 Å². The maximum absolute atomic E-state index is 12.5. The molecule has 0 atom stereocenters. The number of carbonyl (C=O) groups excluding carboxylic acids is 1. The molecule has 3 rings (SSSR count). The van der Waals surface area contributed by atoms with Gasteiger partial charge in [0, 0.05) is 13.1 Å². The first-order chi connectivity index (χ1) is 13.3. The van der Waals surface area contributed by atoms with Crippen LogP contribution in [0.1, 0.15) is 11.1 Å². The molecule has 1 aliphatic heterocycles. The van der Waals surface area contributed by atoms with Crippen molar-refractivity contribution < 1.29 is 22.7 Å². The van der Waals surface area contributed by atoms with Gasteiger partial charge in [0.1, 0.15) is 4.32 Å². The summed E-state index contributed by atoms with van der Waals surface area (Å²) in [4.78, 5) is 14.2. The Labute approximate surface area is 170 Å². The second-order valence-corrected chi connectivity index (χ2v) is 7.70. The molecule has 0 aliphatic carbocycles. The van der Waals surface area contributed by atoms with Gasteiger partial charge in [-0.2, -0.15) is 0 Å². The smallest absolute Gasteiger partial charge is 0.404 e. The highest BCUT2D eigenvalue weighted by molar-refractivity contribution is 8.23. The Morgan fingerprint density at radius 2 is 1.82 bits per heavy atom. The normalized spacial score (nSPS) is 13.6. The number of amides is 1. The predicted molar refractivity (Wildman–Crippen MR) is 107 cm³/mol. The molecule has 148 valence electrons. The molecule has 1 aliphatic rings. The van der Waals surface area contributed by atoms with Crippen LogP contribution in [0.4, 0.5) is 18.9 Å². The van der Waals surface area contributed by atoms with Gasteiger partial charge < -0.3 is 15.0 Å². The highest BCUT2D eigenvalue weighted by Gasteiger charge is 2.32. The van der Waals surface area contributed by atoms with Crippen molar-refractivity contribution >= 4 is 39.9 Å². The van der Waals surface area contributed by atoms with E-state index in [1.807, 2.05) is 17.0 Å². The minimum atomic E-state index is -4.83. The van der Waals surface area contributed by atoms with Gasteiger partial charge >= 0.3 is 6.36 Å². The molecule has 1 N–H and O–H groups in total. The van der Waals surface area contributed by atoms with Crippen LogP contribution in [-0.2, 0) is 17.8 Å². The fourth-order valence-electron chi connectivity index (χ4n) is 2.84. The molecular weight excluding hydrogens is 409 g/mol. The zero-order valence-corrected chi connectivity index (χ0v) is 16.3. The monoisotopic (exact) mass is 426 g/mol. The van der Waals surface area contributed by atoms with E-state index in [2.05, 4.69) is 22.2 Å². The Morgan fingerprint density at radius 3 is 2.57 bits per heavy atom. The Morgan fingerprint density at radius 1 is 1.14 bits per heavy atom. The maximum atomic E-state index is 12.5. The fourth-order valence-corrected chi connectivity index (χ4v) is 3.84. The molecule has 0 radical (unpaired) electrons. The van der Waals surface area contributed by atoms with Gasteiger partial charge in [0.25, 0.3) is 0 Å². The summed E-state index contributed by atoms with van der Waals surface area (Å²) in [6.45, 7) is 1.46. The fraction of sp³-hybridized carbons (Fsp3) is 0.263. The zero-order chi connectivity index (χ0) is 20.1. The van der Waals surface area contributed by atoms with E-state index in [1.54, 1.807) is 0 Å². The standard InChI is InChI=1S/C19H17F3N2O2S2/c20-19(21,22)26-16-8-4-3-7-15(16)23-17(25)12-28-18(27)24-10-9-13-5-1-2-6-14(13)11-24/h1-8H,9-12H2,(H,23,25). The number of anilines is 1. The lowest BCUT2D eigenvalue weighted by molar-refractivity contribution is -0.274. The van der Waals surface area contributed by atoms with Gasteiger partial charge in [-0.05, 0) is 29.7 Å². The molecule has 0 bridgehead atoms. The number of benzene rings is 2. The second kappa shape index (κ2) is 8.83. The number of para-hydroxylation sites is 2. The van der Waals surface area contributed by atoms with Crippen molar-refractivity contribution in [3.05, 3.63) is 59.7 Å². The third kappa shape index (κ3) is 5.62. The largest absolute Gasteiger partial charge is 0.573 e. The second-order valence-electron chi connectivity index (χ2n) is 6.09. The summed E-state index contributed by atoms with van der Waals surface area (Å²) in [7, 11) is 0. The molecule has 0 aromatic heterocycles. The summed E-state index contributed by atoms with van der Waals surface area (Å²) in [5.41, 5.74) is 2.47. The van der Waals surface area contributed by atoms with Crippen LogP contribution in [0.25, 0.3) is 0 Å². The number of nitrogens with one attached hydrogen (secondary N) is 1. The van der Waals surface area contributed by atoms with E-state index >= 15 is 0 Å². The van der Waals surface area contributed by atoms with Crippen molar-refractivity contribution in [2.24, 2.45) is 0 Å². The Kier molecular flexibility index (Phi) is 6.46. The average molecular weight is 426 g/mol. The molecule has 4 nitrogen and oxygen atoms in total. The molecule has 1 heterocycles. The SMILES string of the molecule is O=C(CSC(=S)N1CCc2ccccc2C1)Nc1ccccc1OC(F)(F)F. The van der Waals surface area contributed by atoms with Crippen LogP contribution in [-0.4, -0.2) is 33.8 Å². The summed E-state index contributed by atoms with van der Waals surface area (Å²) < 4.78 is 41.9. The van der Waals surface area contributed by atoms with Crippen LogP contribution in [0.2, 0.25) is 0 Å². The van der Waals surface area contributed by atoms with Gasteiger partial charge in [0.15, 0.2) is 5.75 Å². The van der Waals surface area contributed by atoms with E-state index in [4.69, 9.17) is 12.2 Å². The van der Waals surface area contributed by atoms with Crippen LogP contribution < -0.4 is 10.1 Å². The minimum absolute atomic E-state index is 0.00265. The van der Waals surface area contributed by atoms with Crippen molar-refractivity contribution in [2.75, 3.05) is 17.6 Å². The van der Waals surface area contributed by atoms with E-state index in [9.17, 15) is 18.0 Å². The van der Waals surface area contributed by atoms with Crippen molar-refractivity contribution in [1.82, 2.24) is 4.90 Å². The van der Waals surface area contributed by atoms with Crippen LogP contribution in [0, 0.1) is 0 Å². The Hall–Kier alpha value is -2.26. The third-order valence-corrected chi connectivity index (χ3v) is 5.63. The lowest BCUT2D eigenvalue weighted by Crippen LogP contribution is -2.34. The quantitative estimate of drug-likeness (QED) is 0.724. The summed E-state index contributed by atoms with van der Waals surface area (Å²) >= 11 is 6.61. The number of halogens is 3. The summed E-state index contributed by atoms with van der Waals surface area (Å²) in [6.07, 6.45) is -3.95. The minimum Gasteiger partial charge on any atom is -0.404 e. The maximum Gasteiger partial charge on any atom is 0.573 e. The van der Waals surface area contributed by atoms with Gasteiger partial charge in [-0.1, -0.05) is 60.4 Å². The molecule has 2 aromatic carbocycles. The van der Waals surface area contributed by atoms with E-state index in [1.165, 1.54) is 41.1 Å². The van der Waals surface area contributed by atoms with Crippen LogP contribution in [0.15, 0.2) is 48.5 Å². The Bertz CT molecular complexity index is 874. The third-order valence-electron chi connectivity index (χ3n) is 4.10. The molecular formula is C19H17F3N2O2S2. The number of rotatable bonds is 4. The highest BCUT2D eigenvalue weighted by Crippen LogP contribution is 2.30. The molecule has 0 saturated heterocycles. The molecule has 0 unspecified atom stereocenters. The molecule has 0 spiro atoms. The molecule has 9 heteroatoms. The zero-order valence-electron chi connectivity index (χ0n) is 14.7. The lowest BCUT2D eigenvalue weighted by atomic mass is 10.0. The van der Waals surface area contributed by atoms with Crippen LogP contribution in [0.3, 0.4) is 0 Å². The van der Waals surface area contributed by atoms with E-state index in [0.717, 1.165) is 19.0 Å². The summed E-state index contributed by atoms with van der Waals surface area (Å²) in [5, 5.41) is 2.44. The van der Waals surface area contributed by atoms with E-state index < -0.39 is 18.0 Å².